The van der Waals surface area contributed by atoms with Crippen LogP contribution >= 0.6 is 11.3 Å². The molecule has 0 spiro atoms. The van der Waals surface area contributed by atoms with E-state index in [1.165, 1.54) is 4.88 Å². The number of nitrogens with two attached hydrogens (primary N) is 1. The summed E-state index contributed by atoms with van der Waals surface area (Å²) in [5.74, 6) is 6.13. The molecule has 96 valence electrons. The van der Waals surface area contributed by atoms with Crippen molar-refractivity contribution in [2.24, 2.45) is 5.73 Å². The van der Waals surface area contributed by atoms with Crippen molar-refractivity contribution < 1.29 is 4.79 Å². The molecule has 3 N–H and O–H groups in total. The van der Waals surface area contributed by atoms with Crippen molar-refractivity contribution in [2.45, 2.75) is 13.0 Å². The van der Waals surface area contributed by atoms with Crippen molar-refractivity contribution in [1.29, 1.82) is 0 Å². The van der Waals surface area contributed by atoms with Crippen molar-refractivity contribution in [3.63, 3.8) is 0 Å². The van der Waals surface area contributed by atoms with Crippen molar-refractivity contribution >= 4 is 17.2 Å². The first-order valence-corrected chi connectivity index (χ1v) is 6.92. The maximum atomic E-state index is 11.3. The van der Waals surface area contributed by atoms with Gasteiger partial charge in [0.05, 0.1) is 6.54 Å². The standard InChI is InChI=1S/C13H17N3OS/c14-5-1-2-11-4-9-18-12(11)10-16-7-3-13(17)15-6-8-16/h4,9H,3,5-8,10,14H2,(H,15,17). The Morgan fingerprint density at radius 3 is 3.22 bits per heavy atom. The van der Waals surface area contributed by atoms with Gasteiger partial charge in [-0.1, -0.05) is 11.8 Å². The molecule has 0 radical (unpaired) electrons. The molecule has 4 nitrogen and oxygen atoms in total. The van der Waals surface area contributed by atoms with E-state index in [1.54, 1.807) is 11.3 Å². The van der Waals surface area contributed by atoms with Crippen LogP contribution in [0.5, 0.6) is 0 Å². The Morgan fingerprint density at radius 2 is 2.39 bits per heavy atom. The SMILES string of the molecule is NCC#Cc1ccsc1CN1CCNC(=O)CC1. The van der Waals surface area contributed by atoms with Gasteiger partial charge >= 0.3 is 0 Å². The van der Waals surface area contributed by atoms with Gasteiger partial charge in [-0.2, -0.15) is 0 Å². The van der Waals surface area contributed by atoms with Gasteiger partial charge in [0.15, 0.2) is 0 Å². The molecular weight excluding hydrogens is 246 g/mol. The minimum atomic E-state index is 0.145. The highest BCUT2D eigenvalue weighted by Gasteiger charge is 2.15. The van der Waals surface area contributed by atoms with E-state index < -0.39 is 0 Å². The number of nitrogens with one attached hydrogen (secondary N) is 1. The predicted octanol–water partition coefficient (Wildman–Crippen LogP) is 0.380. The van der Waals surface area contributed by atoms with Crippen LogP contribution in [-0.4, -0.2) is 37.0 Å². The average molecular weight is 263 g/mol. The number of hydrogen-bond acceptors (Lipinski definition) is 4. The Labute approximate surface area is 111 Å². The summed E-state index contributed by atoms with van der Waals surface area (Å²) in [5.41, 5.74) is 6.45. The summed E-state index contributed by atoms with van der Waals surface area (Å²) >= 11 is 1.71. The lowest BCUT2D eigenvalue weighted by atomic mass is 10.2. The monoisotopic (exact) mass is 263 g/mol. The molecule has 2 heterocycles. The van der Waals surface area contributed by atoms with Gasteiger partial charge in [-0.25, -0.2) is 0 Å². The lowest BCUT2D eigenvalue weighted by Gasteiger charge is -2.18. The maximum absolute atomic E-state index is 11.3. The topological polar surface area (TPSA) is 58.4 Å². The summed E-state index contributed by atoms with van der Waals surface area (Å²) in [6, 6.07) is 2.03. The maximum Gasteiger partial charge on any atom is 0.221 e. The Kier molecular flexibility index (Phi) is 4.76. The van der Waals surface area contributed by atoms with Gasteiger partial charge in [-0.05, 0) is 11.4 Å². The zero-order chi connectivity index (χ0) is 12.8. The number of nitrogens with zero attached hydrogens (tertiary/aromatic N) is 1. The first-order valence-electron chi connectivity index (χ1n) is 6.04. The highest BCUT2D eigenvalue weighted by Crippen LogP contribution is 2.18. The van der Waals surface area contributed by atoms with E-state index in [-0.39, 0.29) is 5.91 Å². The molecule has 0 atom stereocenters. The lowest BCUT2D eigenvalue weighted by Crippen LogP contribution is -2.28. The first-order chi connectivity index (χ1) is 8.79. The summed E-state index contributed by atoms with van der Waals surface area (Å²) in [5, 5.41) is 4.93. The molecule has 18 heavy (non-hydrogen) atoms. The molecule has 1 aliphatic rings. The molecule has 1 aromatic heterocycles. The molecule has 1 fully saturated rings. The van der Waals surface area contributed by atoms with E-state index in [1.807, 2.05) is 6.07 Å². The molecule has 5 heteroatoms. The Hall–Kier alpha value is -1.35. The molecule has 0 aliphatic carbocycles. The van der Waals surface area contributed by atoms with E-state index in [0.29, 0.717) is 13.0 Å². The molecule has 2 rings (SSSR count). The molecule has 0 unspecified atom stereocenters. The van der Waals surface area contributed by atoms with Crippen LogP contribution in [0.25, 0.3) is 0 Å². The Bertz CT molecular complexity index is 472. The summed E-state index contributed by atoms with van der Waals surface area (Å²) < 4.78 is 0. The van der Waals surface area contributed by atoms with E-state index in [0.717, 1.165) is 31.7 Å². The fraction of sp³-hybridized carbons (Fsp3) is 0.462. The number of thiophene rings is 1. The van der Waals surface area contributed by atoms with Crippen LogP contribution in [0.2, 0.25) is 0 Å². The molecule has 1 aromatic rings. The molecular formula is C13H17N3OS. The quantitative estimate of drug-likeness (QED) is 0.759. The molecule has 1 amide bonds. The minimum absolute atomic E-state index is 0.145. The number of rotatable bonds is 2. The largest absolute Gasteiger partial charge is 0.355 e. The Morgan fingerprint density at radius 1 is 1.50 bits per heavy atom. The summed E-state index contributed by atoms with van der Waals surface area (Å²) in [7, 11) is 0. The van der Waals surface area contributed by atoms with E-state index >= 15 is 0 Å². The third-order valence-electron chi connectivity index (χ3n) is 2.84. The second kappa shape index (κ2) is 6.55. The van der Waals surface area contributed by atoms with Gasteiger partial charge in [0, 0.05) is 43.0 Å². The minimum Gasteiger partial charge on any atom is -0.355 e. The molecule has 0 saturated carbocycles. The number of amides is 1. The van der Waals surface area contributed by atoms with Crippen LogP contribution in [0, 0.1) is 11.8 Å². The van der Waals surface area contributed by atoms with Crippen LogP contribution in [0.4, 0.5) is 0 Å². The third kappa shape index (κ3) is 3.57. The van der Waals surface area contributed by atoms with E-state index in [9.17, 15) is 4.79 Å². The van der Waals surface area contributed by atoms with Crippen LogP contribution in [0.15, 0.2) is 11.4 Å². The fourth-order valence-corrected chi connectivity index (χ4v) is 2.77. The van der Waals surface area contributed by atoms with Gasteiger partial charge in [-0.15, -0.1) is 11.3 Å². The highest BCUT2D eigenvalue weighted by molar-refractivity contribution is 7.10. The summed E-state index contributed by atoms with van der Waals surface area (Å²) in [6.45, 7) is 3.69. The van der Waals surface area contributed by atoms with Gasteiger partial charge in [0.2, 0.25) is 5.91 Å². The second-order valence-corrected chi connectivity index (χ2v) is 5.14. The van der Waals surface area contributed by atoms with Gasteiger partial charge in [0.1, 0.15) is 0 Å². The van der Waals surface area contributed by atoms with Crippen molar-refractivity contribution in [3.05, 3.63) is 21.9 Å². The average Bonchev–Trinajstić information content (AvgIpc) is 2.70. The number of carbonyl (C=O) groups is 1. The fourth-order valence-electron chi connectivity index (χ4n) is 1.90. The van der Waals surface area contributed by atoms with Gasteiger partial charge in [-0.3, -0.25) is 9.69 Å². The van der Waals surface area contributed by atoms with Crippen LogP contribution in [0.3, 0.4) is 0 Å². The van der Waals surface area contributed by atoms with Crippen LogP contribution < -0.4 is 11.1 Å². The smallest absolute Gasteiger partial charge is 0.221 e. The zero-order valence-electron chi connectivity index (χ0n) is 10.2. The van der Waals surface area contributed by atoms with E-state index in [2.05, 4.69) is 27.4 Å². The third-order valence-corrected chi connectivity index (χ3v) is 3.75. The predicted molar refractivity (Wildman–Crippen MR) is 73.2 cm³/mol. The highest BCUT2D eigenvalue weighted by atomic mass is 32.1. The van der Waals surface area contributed by atoms with Crippen molar-refractivity contribution in [2.75, 3.05) is 26.2 Å². The molecule has 0 bridgehead atoms. The first kappa shape index (κ1) is 13.1. The lowest BCUT2D eigenvalue weighted by molar-refractivity contribution is -0.120. The summed E-state index contributed by atoms with van der Waals surface area (Å²) in [4.78, 5) is 14.8. The summed E-state index contributed by atoms with van der Waals surface area (Å²) in [6.07, 6.45) is 0.579. The van der Waals surface area contributed by atoms with Gasteiger partial charge < -0.3 is 11.1 Å². The van der Waals surface area contributed by atoms with Crippen LogP contribution in [-0.2, 0) is 11.3 Å². The molecule has 0 aromatic carbocycles. The normalized spacial score (nSPS) is 16.6. The molecule has 1 aliphatic heterocycles. The Balaban J connectivity index is 2.00. The second-order valence-electron chi connectivity index (χ2n) is 4.14. The van der Waals surface area contributed by atoms with Crippen LogP contribution in [0.1, 0.15) is 16.9 Å². The van der Waals surface area contributed by atoms with Crippen molar-refractivity contribution in [3.8, 4) is 11.8 Å². The number of carbonyl (C=O) groups excluding carboxylic acids is 1. The van der Waals surface area contributed by atoms with E-state index in [4.69, 9.17) is 5.73 Å². The van der Waals surface area contributed by atoms with Crippen molar-refractivity contribution in [1.82, 2.24) is 10.2 Å². The van der Waals surface area contributed by atoms with Gasteiger partial charge in [0.25, 0.3) is 0 Å². The zero-order valence-corrected chi connectivity index (χ0v) is 11.1. The number of hydrogen-bond donors (Lipinski definition) is 2. The molecule has 1 saturated heterocycles.